The average molecular weight is 249 g/mol. The standard InChI is InChI=1S/C13H19N3O2/c1-9(14)7-13(18)15-8-11-3-5-12(6-4-11)16-10(2)17/h3-6,9H,7-8,14H2,1-2H3,(H,15,18)(H,16,17). The van der Waals surface area contributed by atoms with Gasteiger partial charge in [0, 0.05) is 31.6 Å². The van der Waals surface area contributed by atoms with Crippen LogP contribution in [0.25, 0.3) is 0 Å². The molecule has 0 aliphatic carbocycles. The van der Waals surface area contributed by atoms with Crippen molar-refractivity contribution in [3.05, 3.63) is 29.8 Å². The van der Waals surface area contributed by atoms with E-state index in [1.54, 1.807) is 19.1 Å². The summed E-state index contributed by atoms with van der Waals surface area (Å²) in [6.07, 6.45) is 0.323. The average Bonchev–Trinajstić information content (AvgIpc) is 2.26. The highest BCUT2D eigenvalue weighted by Crippen LogP contribution is 2.09. The molecule has 0 bridgehead atoms. The van der Waals surface area contributed by atoms with Crippen LogP contribution in [-0.4, -0.2) is 17.9 Å². The van der Waals surface area contributed by atoms with Crippen molar-refractivity contribution < 1.29 is 9.59 Å². The third-order valence-corrected chi connectivity index (χ3v) is 2.27. The second-order valence-electron chi connectivity index (χ2n) is 4.34. The maximum atomic E-state index is 11.4. The number of rotatable bonds is 5. The summed E-state index contributed by atoms with van der Waals surface area (Å²) in [6.45, 7) is 3.72. The van der Waals surface area contributed by atoms with Gasteiger partial charge in [0.25, 0.3) is 0 Å². The molecule has 0 heterocycles. The van der Waals surface area contributed by atoms with E-state index in [2.05, 4.69) is 10.6 Å². The number of amides is 2. The summed E-state index contributed by atoms with van der Waals surface area (Å²) in [5, 5.41) is 5.46. The van der Waals surface area contributed by atoms with E-state index in [0.717, 1.165) is 11.3 Å². The van der Waals surface area contributed by atoms with Gasteiger partial charge in [0.15, 0.2) is 0 Å². The lowest BCUT2D eigenvalue weighted by Gasteiger charge is -2.08. The topological polar surface area (TPSA) is 84.2 Å². The predicted molar refractivity (Wildman–Crippen MR) is 70.9 cm³/mol. The number of carbonyl (C=O) groups is 2. The van der Waals surface area contributed by atoms with Gasteiger partial charge in [0.1, 0.15) is 0 Å². The Morgan fingerprint density at radius 2 is 1.89 bits per heavy atom. The van der Waals surface area contributed by atoms with E-state index >= 15 is 0 Å². The summed E-state index contributed by atoms with van der Waals surface area (Å²) in [7, 11) is 0. The zero-order chi connectivity index (χ0) is 13.5. The second-order valence-corrected chi connectivity index (χ2v) is 4.34. The molecule has 1 atom stereocenters. The molecule has 5 nitrogen and oxygen atoms in total. The summed E-state index contributed by atoms with van der Waals surface area (Å²) < 4.78 is 0. The lowest BCUT2D eigenvalue weighted by Crippen LogP contribution is -2.29. The third-order valence-electron chi connectivity index (χ3n) is 2.27. The quantitative estimate of drug-likeness (QED) is 0.727. The number of benzene rings is 1. The van der Waals surface area contributed by atoms with Crippen LogP contribution in [-0.2, 0) is 16.1 Å². The van der Waals surface area contributed by atoms with Gasteiger partial charge in [-0.3, -0.25) is 9.59 Å². The van der Waals surface area contributed by atoms with E-state index in [9.17, 15) is 9.59 Å². The summed E-state index contributed by atoms with van der Waals surface area (Å²) in [5.41, 5.74) is 7.25. The summed E-state index contributed by atoms with van der Waals surface area (Å²) in [6, 6.07) is 7.18. The minimum Gasteiger partial charge on any atom is -0.352 e. The van der Waals surface area contributed by atoms with Crippen molar-refractivity contribution in [2.45, 2.75) is 32.9 Å². The first-order chi connectivity index (χ1) is 8.47. The molecule has 0 radical (unpaired) electrons. The maximum absolute atomic E-state index is 11.4. The van der Waals surface area contributed by atoms with Crippen LogP contribution in [0.1, 0.15) is 25.8 Å². The Morgan fingerprint density at radius 1 is 1.28 bits per heavy atom. The Morgan fingerprint density at radius 3 is 2.39 bits per heavy atom. The van der Waals surface area contributed by atoms with Gasteiger partial charge in [0.05, 0.1) is 0 Å². The molecule has 0 saturated carbocycles. The molecule has 4 N–H and O–H groups in total. The highest BCUT2D eigenvalue weighted by molar-refractivity contribution is 5.88. The Kier molecular flexibility index (Phi) is 5.32. The van der Waals surface area contributed by atoms with Crippen LogP contribution in [0, 0.1) is 0 Å². The van der Waals surface area contributed by atoms with Crippen LogP contribution >= 0.6 is 0 Å². The van der Waals surface area contributed by atoms with Crippen molar-refractivity contribution in [1.29, 1.82) is 0 Å². The van der Waals surface area contributed by atoms with Gasteiger partial charge in [-0.05, 0) is 24.6 Å². The first-order valence-corrected chi connectivity index (χ1v) is 5.86. The van der Waals surface area contributed by atoms with Gasteiger partial charge in [-0.15, -0.1) is 0 Å². The fourth-order valence-corrected chi connectivity index (χ4v) is 1.47. The molecule has 98 valence electrons. The van der Waals surface area contributed by atoms with Gasteiger partial charge < -0.3 is 16.4 Å². The number of carbonyl (C=O) groups excluding carboxylic acids is 2. The van der Waals surface area contributed by atoms with E-state index in [4.69, 9.17) is 5.73 Å². The second kappa shape index (κ2) is 6.76. The fourth-order valence-electron chi connectivity index (χ4n) is 1.47. The van der Waals surface area contributed by atoms with Crippen LogP contribution < -0.4 is 16.4 Å². The SMILES string of the molecule is CC(=O)Nc1ccc(CNC(=O)CC(C)N)cc1. The first-order valence-electron chi connectivity index (χ1n) is 5.86. The highest BCUT2D eigenvalue weighted by atomic mass is 16.2. The monoisotopic (exact) mass is 249 g/mol. The fraction of sp³-hybridized carbons (Fsp3) is 0.385. The molecule has 0 saturated heterocycles. The van der Waals surface area contributed by atoms with Crippen LogP contribution in [0.15, 0.2) is 24.3 Å². The van der Waals surface area contributed by atoms with E-state index in [-0.39, 0.29) is 17.9 Å². The van der Waals surface area contributed by atoms with Gasteiger partial charge in [-0.2, -0.15) is 0 Å². The molecule has 0 spiro atoms. The zero-order valence-corrected chi connectivity index (χ0v) is 10.7. The normalized spacial score (nSPS) is 11.7. The molecule has 0 aliphatic rings. The lowest BCUT2D eigenvalue weighted by molar-refractivity contribution is -0.121. The van der Waals surface area contributed by atoms with E-state index in [0.29, 0.717) is 13.0 Å². The number of anilines is 1. The molecule has 1 unspecified atom stereocenters. The van der Waals surface area contributed by atoms with Gasteiger partial charge in [0.2, 0.25) is 11.8 Å². The number of nitrogens with two attached hydrogens (primary N) is 1. The molecular weight excluding hydrogens is 230 g/mol. The minimum absolute atomic E-state index is 0.0593. The van der Waals surface area contributed by atoms with Crippen molar-refractivity contribution in [1.82, 2.24) is 5.32 Å². The number of hydrogen-bond donors (Lipinski definition) is 3. The molecule has 0 aromatic heterocycles. The summed E-state index contributed by atoms with van der Waals surface area (Å²) in [5.74, 6) is -0.163. The first kappa shape index (κ1) is 14.2. The minimum atomic E-state index is -0.132. The Balaban J connectivity index is 2.44. The highest BCUT2D eigenvalue weighted by Gasteiger charge is 2.04. The van der Waals surface area contributed by atoms with Crippen molar-refractivity contribution >= 4 is 17.5 Å². The largest absolute Gasteiger partial charge is 0.352 e. The number of nitrogens with one attached hydrogen (secondary N) is 2. The van der Waals surface area contributed by atoms with Crippen molar-refractivity contribution in [2.75, 3.05) is 5.32 Å². The lowest BCUT2D eigenvalue weighted by atomic mass is 10.2. The third kappa shape index (κ3) is 5.45. The molecule has 18 heavy (non-hydrogen) atoms. The van der Waals surface area contributed by atoms with Gasteiger partial charge in [-0.1, -0.05) is 12.1 Å². The van der Waals surface area contributed by atoms with E-state index < -0.39 is 0 Å². The molecule has 1 aromatic carbocycles. The van der Waals surface area contributed by atoms with Gasteiger partial charge in [-0.25, -0.2) is 0 Å². The van der Waals surface area contributed by atoms with Crippen LogP contribution in [0.4, 0.5) is 5.69 Å². The summed E-state index contributed by atoms with van der Waals surface area (Å²) in [4.78, 5) is 22.2. The zero-order valence-electron chi connectivity index (χ0n) is 10.7. The molecule has 1 aromatic rings. The van der Waals surface area contributed by atoms with Crippen LogP contribution in [0.5, 0.6) is 0 Å². The molecule has 0 fully saturated rings. The van der Waals surface area contributed by atoms with E-state index in [1.165, 1.54) is 6.92 Å². The van der Waals surface area contributed by atoms with Gasteiger partial charge >= 0.3 is 0 Å². The Bertz CT molecular complexity index is 413. The smallest absolute Gasteiger partial charge is 0.221 e. The molecule has 1 rings (SSSR count). The molecule has 5 heteroatoms. The summed E-state index contributed by atoms with van der Waals surface area (Å²) >= 11 is 0. The van der Waals surface area contributed by atoms with E-state index in [1.807, 2.05) is 12.1 Å². The Hall–Kier alpha value is -1.88. The van der Waals surface area contributed by atoms with Crippen molar-refractivity contribution in [3.8, 4) is 0 Å². The number of hydrogen-bond acceptors (Lipinski definition) is 3. The molecular formula is C13H19N3O2. The maximum Gasteiger partial charge on any atom is 0.221 e. The van der Waals surface area contributed by atoms with Crippen molar-refractivity contribution in [2.24, 2.45) is 5.73 Å². The molecule has 2 amide bonds. The molecule has 0 aliphatic heterocycles. The van der Waals surface area contributed by atoms with Crippen LogP contribution in [0.2, 0.25) is 0 Å². The predicted octanol–water partition coefficient (Wildman–Crippen LogP) is 0.998. The van der Waals surface area contributed by atoms with Crippen molar-refractivity contribution in [3.63, 3.8) is 0 Å². The van der Waals surface area contributed by atoms with Crippen LogP contribution in [0.3, 0.4) is 0 Å². The Labute approximate surface area is 107 Å².